The van der Waals surface area contributed by atoms with Crippen LogP contribution in [0.1, 0.15) is 12.5 Å². The first-order valence-electron chi connectivity index (χ1n) is 7.21. The van der Waals surface area contributed by atoms with Crippen molar-refractivity contribution in [2.45, 2.75) is 6.92 Å². The van der Waals surface area contributed by atoms with Crippen molar-refractivity contribution in [3.05, 3.63) is 57.5 Å². The highest BCUT2D eigenvalue weighted by atomic mass is 79.9. The number of carbonyl (C=O) groups excluding carboxylic acids is 1. The molecule has 0 saturated heterocycles. The molecule has 2 aromatic carbocycles. The summed E-state index contributed by atoms with van der Waals surface area (Å²) >= 11 is 9.17. The van der Waals surface area contributed by atoms with Crippen LogP contribution in [0, 0.1) is 0 Å². The first-order valence-corrected chi connectivity index (χ1v) is 8.39. The Morgan fingerprint density at radius 3 is 2.79 bits per heavy atom. The Labute approximate surface area is 153 Å². The number of nitrogens with one attached hydrogen (secondary N) is 1. The minimum Gasteiger partial charge on any atom is -0.493 e. The fourth-order valence-corrected chi connectivity index (χ4v) is 2.61. The Balaban J connectivity index is 1.87. The van der Waals surface area contributed by atoms with Gasteiger partial charge in [0.05, 0.1) is 17.3 Å². The van der Waals surface area contributed by atoms with E-state index in [0.717, 1.165) is 5.56 Å². The van der Waals surface area contributed by atoms with E-state index in [1.165, 1.54) is 6.21 Å². The molecule has 126 valence electrons. The standard InChI is InChI=1S/C17H16BrClN2O3/c1-2-23-15-6-4-3-5-12(15)10-20-21-17(22)11-24-16-8-7-13(19)9-14(16)18/h3-10H,2,11H2,1H3,(H,21,22). The molecule has 0 unspecified atom stereocenters. The van der Waals surface area contributed by atoms with E-state index < -0.39 is 0 Å². The van der Waals surface area contributed by atoms with Gasteiger partial charge in [-0.15, -0.1) is 0 Å². The number of benzene rings is 2. The average molecular weight is 412 g/mol. The van der Waals surface area contributed by atoms with Crippen LogP contribution in [-0.2, 0) is 4.79 Å². The summed E-state index contributed by atoms with van der Waals surface area (Å²) in [5.74, 6) is 0.863. The quantitative estimate of drug-likeness (QED) is 0.553. The van der Waals surface area contributed by atoms with Crippen LogP contribution in [0.2, 0.25) is 5.02 Å². The third-order valence-corrected chi connectivity index (χ3v) is 3.72. The second kappa shape index (κ2) is 9.30. The lowest BCUT2D eigenvalue weighted by Crippen LogP contribution is -2.24. The molecular weight excluding hydrogens is 396 g/mol. The van der Waals surface area contributed by atoms with Crippen molar-refractivity contribution < 1.29 is 14.3 Å². The molecule has 0 atom stereocenters. The maximum absolute atomic E-state index is 11.8. The fourth-order valence-electron chi connectivity index (χ4n) is 1.82. The molecule has 5 nitrogen and oxygen atoms in total. The number of hydrazone groups is 1. The topological polar surface area (TPSA) is 59.9 Å². The number of amides is 1. The van der Waals surface area contributed by atoms with Gasteiger partial charge in [0.25, 0.3) is 5.91 Å². The molecule has 0 radical (unpaired) electrons. The van der Waals surface area contributed by atoms with Crippen LogP contribution in [0.15, 0.2) is 52.0 Å². The Hall–Kier alpha value is -2.05. The van der Waals surface area contributed by atoms with Crippen molar-refractivity contribution in [1.82, 2.24) is 5.43 Å². The highest BCUT2D eigenvalue weighted by molar-refractivity contribution is 9.10. The summed E-state index contributed by atoms with van der Waals surface area (Å²) in [4.78, 5) is 11.8. The smallest absolute Gasteiger partial charge is 0.277 e. The van der Waals surface area contributed by atoms with Crippen molar-refractivity contribution in [3.63, 3.8) is 0 Å². The van der Waals surface area contributed by atoms with Crippen LogP contribution < -0.4 is 14.9 Å². The van der Waals surface area contributed by atoms with Crippen molar-refractivity contribution >= 4 is 39.7 Å². The second-order valence-corrected chi connectivity index (χ2v) is 5.92. The summed E-state index contributed by atoms with van der Waals surface area (Å²) in [6, 6.07) is 12.5. The predicted octanol–water partition coefficient (Wildman–Crippen LogP) is 4.03. The minimum atomic E-state index is -0.373. The number of rotatable bonds is 7. The molecule has 0 saturated carbocycles. The molecule has 1 amide bonds. The molecule has 0 fully saturated rings. The number of halogens is 2. The fraction of sp³-hybridized carbons (Fsp3) is 0.176. The Bertz CT molecular complexity index is 738. The summed E-state index contributed by atoms with van der Waals surface area (Å²) in [5.41, 5.74) is 3.19. The normalized spacial score (nSPS) is 10.6. The highest BCUT2D eigenvalue weighted by Gasteiger charge is 2.06. The van der Waals surface area contributed by atoms with E-state index in [9.17, 15) is 4.79 Å². The number of carbonyl (C=O) groups is 1. The van der Waals surface area contributed by atoms with Crippen LogP contribution in [0.5, 0.6) is 11.5 Å². The van der Waals surface area contributed by atoms with Crippen LogP contribution >= 0.6 is 27.5 Å². The molecule has 0 aliphatic carbocycles. The summed E-state index contributed by atoms with van der Waals surface area (Å²) in [6.07, 6.45) is 1.53. The molecule has 2 aromatic rings. The van der Waals surface area contributed by atoms with Crippen molar-refractivity contribution in [3.8, 4) is 11.5 Å². The SMILES string of the molecule is CCOc1ccccc1C=NNC(=O)COc1ccc(Cl)cc1Br. The van der Waals surface area contributed by atoms with Gasteiger partial charge in [0.1, 0.15) is 11.5 Å². The molecule has 24 heavy (non-hydrogen) atoms. The first kappa shape index (κ1) is 18.3. The van der Waals surface area contributed by atoms with E-state index in [2.05, 4.69) is 26.5 Å². The molecule has 1 N–H and O–H groups in total. The van der Waals surface area contributed by atoms with Crippen molar-refractivity contribution in [2.75, 3.05) is 13.2 Å². The van der Waals surface area contributed by atoms with Gasteiger partial charge in [-0.2, -0.15) is 5.10 Å². The van der Waals surface area contributed by atoms with E-state index in [-0.39, 0.29) is 12.5 Å². The van der Waals surface area contributed by atoms with Gasteiger partial charge in [-0.3, -0.25) is 4.79 Å². The number of para-hydroxylation sites is 1. The Morgan fingerprint density at radius 2 is 2.04 bits per heavy atom. The zero-order valence-corrected chi connectivity index (χ0v) is 15.3. The highest BCUT2D eigenvalue weighted by Crippen LogP contribution is 2.27. The summed E-state index contributed by atoms with van der Waals surface area (Å²) in [5, 5.41) is 4.50. The van der Waals surface area contributed by atoms with Gasteiger partial charge in [0, 0.05) is 10.6 Å². The molecule has 0 aliphatic rings. The molecule has 0 bridgehead atoms. The Morgan fingerprint density at radius 1 is 1.25 bits per heavy atom. The van der Waals surface area contributed by atoms with Crippen LogP contribution in [0.4, 0.5) is 0 Å². The maximum atomic E-state index is 11.8. The van der Waals surface area contributed by atoms with Crippen molar-refractivity contribution in [2.24, 2.45) is 5.10 Å². The van der Waals surface area contributed by atoms with Gasteiger partial charge in [0.15, 0.2) is 6.61 Å². The van der Waals surface area contributed by atoms with Gasteiger partial charge in [-0.05, 0) is 53.2 Å². The summed E-state index contributed by atoms with van der Waals surface area (Å²) in [7, 11) is 0. The summed E-state index contributed by atoms with van der Waals surface area (Å²) in [6.45, 7) is 2.30. The predicted molar refractivity (Wildman–Crippen MR) is 98.0 cm³/mol. The lowest BCUT2D eigenvalue weighted by Gasteiger charge is -2.07. The molecular formula is C17H16BrClN2O3. The Kier molecular flexibility index (Phi) is 7.08. The van der Waals surface area contributed by atoms with E-state index >= 15 is 0 Å². The van der Waals surface area contributed by atoms with Gasteiger partial charge < -0.3 is 9.47 Å². The van der Waals surface area contributed by atoms with Crippen molar-refractivity contribution in [1.29, 1.82) is 0 Å². The lowest BCUT2D eigenvalue weighted by atomic mass is 10.2. The molecule has 0 heterocycles. The van der Waals surface area contributed by atoms with E-state index in [4.69, 9.17) is 21.1 Å². The zero-order chi connectivity index (χ0) is 17.4. The summed E-state index contributed by atoms with van der Waals surface area (Å²) < 4.78 is 11.6. The second-order valence-electron chi connectivity index (χ2n) is 4.63. The van der Waals surface area contributed by atoms with E-state index in [1.807, 2.05) is 31.2 Å². The zero-order valence-electron chi connectivity index (χ0n) is 13.0. The third kappa shape index (κ3) is 5.54. The molecule has 7 heteroatoms. The number of hydrogen-bond donors (Lipinski definition) is 1. The van der Waals surface area contributed by atoms with Crippen LogP contribution in [0.25, 0.3) is 0 Å². The number of nitrogens with zero attached hydrogens (tertiary/aromatic N) is 1. The third-order valence-electron chi connectivity index (χ3n) is 2.86. The molecule has 2 rings (SSSR count). The largest absolute Gasteiger partial charge is 0.493 e. The molecule has 0 aliphatic heterocycles. The first-order chi connectivity index (χ1) is 11.6. The van der Waals surface area contributed by atoms with E-state index in [1.54, 1.807) is 18.2 Å². The number of hydrogen-bond acceptors (Lipinski definition) is 4. The average Bonchev–Trinajstić information content (AvgIpc) is 2.56. The minimum absolute atomic E-state index is 0.162. The van der Waals surface area contributed by atoms with Crippen LogP contribution in [-0.4, -0.2) is 25.3 Å². The van der Waals surface area contributed by atoms with Gasteiger partial charge in [0.2, 0.25) is 0 Å². The van der Waals surface area contributed by atoms with Crippen LogP contribution in [0.3, 0.4) is 0 Å². The van der Waals surface area contributed by atoms with Gasteiger partial charge in [-0.1, -0.05) is 23.7 Å². The van der Waals surface area contributed by atoms with Gasteiger partial charge >= 0.3 is 0 Å². The number of ether oxygens (including phenoxy) is 2. The molecule has 0 aromatic heterocycles. The molecule has 0 spiro atoms. The van der Waals surface area contributed by atoms with Gasteiger partial charge in [-0.25, -0.2) is 5.43 Å². The van der Waals surface area contributed by atoms with E-state index in [0.29, 0.717) is 27.6 Å². The maximum Gasteiger partial charge on any atom is 0.277 e. The lowest BCUT2D eigenvalue weighted by molar-refractivity contribution is -0.123. The monoisotopic (exact) mass is 410 g/mol.